The highest BCUT2D eigenvalue weighted by Crippen LogP contribution is 2.36. The molecule has 8 heteroatoms. The van der Waals surface area contributed by atoms with Gasteiger partial charge in [0.15, 0.2) is 17.5 Å². The van der Waals surface area contributed by atoms with Crippen LogP contribution in [0.15, 0.2) is 48.5 Å². The van der Waals surface area contributed by atoms with Crippen LogP contribution >= 0.6 is 0 Å². The largest absolute Gasteiger partial charge is 0.486 e. The van der Waals surface area contributed by atoms with Gasteiger partial charge in [0.1, 0.15) is 13.2 Å². The number of benzene rings is 2. The molecule has 1 unspecified atom stereocenters. The highest BCUT2D eigenvalue weighted by Gasteiger charge is 2.37. The van der Waals surface area contributed by atoms with Crippen molar-refractivity contribution < 1.29 is 29.0 Å². The predicted octanol–water partition coefficient (Wildman–Crippen LogP) is 1.75. The van der Waals surface area contributed by atoms with E-state index >= 15 is 0 Å². The van der Waals surface area contributed by atoms with Gasteiger partial charge in [-0.3, -0.25) is 9.59 Å². The quantitative estimate of drug-likeness (QED) is 0.798. The van der Waals surface area contributed by atoms with Crippen LogP contribution < -0.4 is 19.7 Å². The number of carbonyl (C=O) groups is 3. The van der Waals surface area contributed by atoms with Crippen molar-refractivity contribution in [2.45, 2.75) is 12.5 Å². The van der Waals surface area contributed by atoms with Crippen molar-refractivity contribution in [3.05, 3.63) is 54.1 Å². The lowest BCUT2D eigenvalue weighted by Crippen LogP contribution is -2.38. The number of nitrogens with one attached hydrogen (secondary N) is 1. The van der Waals surface area contributed by atoms with Crippen molar-refractivity contribution in [1.29, 1.82) is 0 Å². The smallest absolute Gasteiger partial charge is 0.330 e. The number of ether oxygens (including phenoxy) is 2. The summed E-state index contributed by atoms with van der Waals surface area (Å²) in [4.78, 5) is 38.3. The minimum atomic E-state index is -1.16. The van der Waals surface area contributed by atoms with Gasteiger partial charge in [-0.25, -0.2) is 4.79 Å². The first-order chi connectivity index (χ1) is 14.0. The molecule has 8 nitrogen and oxygen atoms in total. The third-order valence-corrected chi connectivity index (χ3v) is 5.00. The molecule has 150 valence electrons. The van der Waals surface area contributed by atoms with Crippen molar-refractivity contribution >= 4 is 23.5 Å². The number of carbonyl (C=O) groups excluding carboxylic acids is 2. The Hall–Kier alpha value is -3.55. The molecule has 0 saturated carbocycles. The number of anilines is 1. The fraction of sp³-hybridized carbons (Fsp3) is 0.286. The lowest BCUT2D eigenvalue weighted by atomic mass is 10.0. The molecule has 0 spiro atoms. The predicted molar refractivity (Wildman–Crippen MR) is 103 cm³/mol. The zero-order valence-electron chi connectivity index (χ0n) is 15.5. The van der Waals surface area contributed by atoms with E-state index in [0.29, 0.717) is 36.0 Å². The highest BCUT2D eigenvalue weighted by molar-refractivity contribution is 6.01. The van der Waals surface area contributed by atoms with E-state index in [-0.39, 0.29) is 18.9 Å². The summed E-state index contributed by atoms with van der Waals surface area (Å²) in [6.07, 6.45) is 0.0153. The third kappa shape index (κ3) is 3.87. The molecule has 2 heterocycles. The van der Waals surface area contributed by atoms with Gasteiger partial charge < -0.3 is 24.8 Å². The van der Waals surface area contributed by atoms with E-state index < -0.39 is 23.8 Å². The molecular formula is C21H20N2O6. The summed E-state index contributed by atoms with van der Waals surface area (Å²) in [6, 6.07) is 12.5. The molecule has 2 aliphatic heterocycles. The number of nitrogens with zero attached hydrogens (tertiary/aromatic N) is 1. The minimum absolute atomic E-state index is 0.0153. The Morgan fingerprint density at radius 1 is 1.07 bits per heavy atom. The van der Waals surface area contributed by atoms with Crippen molar-refractivity contribution in [3.63, 3.8) is 0 Å². The van der Waals surface area contributed by atoms with Crippen LogP contribution in [-0.2, 0) is 14.4 Å². The average molecular weight is 396 g/mol. The first-order valence-electron chi connectivity index (χ1n) is 9.31. The average Bonchev–Trinajstić information content (AvgIpc) is 3.13. The van der Waals surface area contributed by atoms with Crippen LogP contribution in [0.4, 0.5) is 5.69 Å². The van der Waals surface area contributed by atoms with E-state index in [4.69, 9.17) is 9.47 Å². The minimum Gasteiger partial charge on any atom is -0.486 e. The lowest BCUT2D eigenvalue weighted by Gasteiger charge is -2.22. The number of carboxylic acid groups (broad SMARTS) is 1. The van der Waals surface area contributed by atoms with E-state index in [1.165, 1.54) is 4.90 Å². The van der Waals surface area contributed by atoms with Gasteiger partial charge in [0, 0.05) is 24.7 Å². The Kier molecular flexibility index (Phi) is 5.07. The van der Waals surface area contributed by atoms with Gasteiger partial charge in [-0.2, -0.15) is 0 Å². The molecule has 0 bridgehead atoms. The summed E-state index contributed by atoms with van der Waals surface area (Å²) in [5.74, 6) is -1.28. The standard InChI is InChI=1S/C21H20N2O6/c24-18-10-14(20(25)22-19(21(26)27)13-4-2-1-3-5-13)12-23(18)15-6-7-16-17(11-15)29-9-8-28-16/h1-7,11,14,19H,8-10,12H2,(H,22,25)(H,26,27)/t14?,19-/m1/s1. The first-order valence-corrected chi connectivity index (χ1v) is 9.31. The maximum atomic E-state index is 12.7. The summed E-state index contributed by atoms with van der Waals surface area (Å²) in [7, 11) is 0. The Balaban J connectivity index is 1.47. The lowest BCUT2D eigenvalue weighted by molar-refractivity contribution is -0.142. The molecule has 0 radical (unpaired) electrons. The SMILES string of the molecule is O=C(N[C@@H](C(=O)O)c1ccccc1)C1CC(=O)N(c2ccc3c(c2)OCCO3)C1. The monoisotopic (exact) mass is 396 g/mol. The maximum Gasteiger partial charge on any atom is 0.330 e. The Labute approximate surface area is 167 Å². The van der Waals surface area contributed by atoms with E-state index in [2.05, 4.69) is 5.32 Å². The third-order valence-electron chi connectivity index (χ3n) is 5.00. The fourth-order valence-electron chi connectivity index (χ4n) is 3.53. The summed E-state index contributed by atoms with van der Waals surface area (Å²) in [5.41, 5.74) is 1.09. The Bertz CT molecular complexity index is 945. The van der Waals surface area contributed by atoms with E-state index in [1.54, 1.807) is 48.5 Å². The van der Waals surface area contributed by atoms with E-state index in [9.17, 15) is 19.5 Å². The molecule has 1 saturated heterocycles. The molecule has 2 aromatic rings. The molecule has 0 aromatic heterocycles. The van der Waals surface area contributed by atoms with Crippen LogP contribution in [0.25, 0.3) is 0 Å². The topological polar surface area (TPSA) is 105 Å². The second-order valence-electron chi connectivity index (χ2n) is 6.92. The number of hydrogen-bond acceptors (Lipinski definition) is 5. The van der Waals surface area contributed by atoms with Gasteiger partial charge in [-0.05, 0) is 17.7 Å². The van der Waals surface area contributed by atoms with Crippen molar-refractivity contribution in [1.82, 2.24) is 5.32 Å². The zero-order valence-corrected chi connectivity index (χ0v) is 15.5. The molecule has 2 N–H and O–H groups in total. The molecular weight excluding hydrogens is 376 g/mol. The summed E-state index contributed by atoms with van der Waals surface area (Å²) in [5, 5.41) is 12.1. The molecule has 2 aromatic carbocycles. The molecule has 1 fully saturated rings. The van der Waals surface area contributed by atoms with Gasteiger partial charge in [0.25, 0.3) is 0 Å². The normalized spacial score (nSPS) is 19.0. The molecule has 0 aliphatic carbocycles. The molecule has 2 aliphatic rings. The Morgan fingerprint density at radius 2 is 1.79 bits per heavy atom. The van der Waals surface area contributed by atoms with Gasteiger partial charge in [0.2, 0.25) is 11.8 Å². The van der Waals surface area contributed by atoms with Gasteiger partial charge in [-0.15, -0.1) is 0 Å². The molecule has 29 heavy (non-hydrogen) atoms. The van der Waals surface area contributed by atoms with E-state index in [0.717, 1.165) is 0 Å². The van der Waals surface area contributed by atoms with Crippen molar-refractivity contribution in [2.75, 3.05) is 24.7 Å². The second-order valence-corrected chi connectivity index (χ2v) is 6.92. The molecule has 2 amide bonds. The molecule has 4 rings (SSSR count). The summed E-state index contributed by atoms with van der Waals surface area (Å²) >= 11 is 0. The zero-order chi connectivity index (χ0) is 20.4. The summed E-state index contributed by atoms with van der Waals surface area (Å²) < 4.78 is 11.0. The second kappa shape index (κ2) is 7.83. The highest BCUT2D eigenvalue weighted by atomic mass is 16.6. The van der Waals surface area contributed by atoms with E-state index in [1.807, 2.05) is 0 Å². The fourth-order valence-corrected chi connectivity index (χ4v) is 3.53. The number of carboxylic acids is 1. The number of aliphatic carboxylic acids is 1. The number of rotatable bonds is 5. The van der Waals surface area contributed by atoms with Gasteiger partial charge in [0.05, 0.1) is 5.92 Å². The van der Waals surface area contributed by atoms with Gasteiger partial charge >= 0.3 is 5.97 Å². The van der Waals surface area contributed by atoms with Crippen molar-refractivity contribution in [2.24, 2.45) is 5.92 Å². The number of amides is 2. The molecule has 2 atom stereocenters. The van der Waals surface area contributed by atoms with Crippen molar-refractivity contribution in [3.8, 4) is 11.5 Å². The first kappa shape index (κ1) is 18.8. The Morgan fingerprint density at radius 3 is 2.52 bits per heavy atom. The van der Waals surface area contributed by atoms with Gasteiger partial charge in [-0.1, -0.05) is 30.3 Å². The van der Waals surface area contributed by atoms with Crippen LogP contribution in [0, 0.1) is 5.92 Å². The van der Waals surface area contributed by atoms with Crippen LogP contribution in [0.3, 0.4) is 0 Å². The number of fused-ring (bicyclic) bond motifs is 1. The van der Waals surface area contributed by atoms with Crippen LogP contribution in [0.1, 0.15) is 18.0 Å². The van der Waals surface area contributed by atoms with Crippen LogP contribution in [0.5, 0.6) is 11.5 Å². The number of hydrogen-bond donors (Lipinski definition) is 2. The van der Waals surface area contributed by atoms with Crippen LogP contribution in [0.2, 0.25) is 0 Å². The van der Waals surface area contributed by atoms with Crippen LogP contribution in [-0.4, -0.2) is 42.6 Å². The summed E-state index contributed by atoms with van der Waals surface area (Å²) in [6.45, 7) is 1.08. The maximum absolute atomic E-state index is 12.7.